The van der Waals surface area contributed by atoms with Gasteiger partial charge in [-0.15, -0.1) is 11.3 Å². The second-order valence-electron chi connectivity index (χ2n) is 8.49. The molecule has 1 aliphatic heterocycles. The number of piperazine rings is 1. The first-order valence-electron chi connectivity index (χ1n) is 11.5. The van der Waals surface area contributed by atoms with Crippen molar-refractivity contribution in [2.24, 2.45) is 0 Å². The lowest BCUT2D eigenvalue weighted by molar-refractivity contribution is 0.259. The highest BCUT2D eigenvalue weighted by molar-refractivity contribution is 7.99. The first-order valence-corrected chi connectivity index (χ1v) is 13.3. The van der Waals surface area contributed by atoms with E-state index in [9.17, 15) is 4.79 Å². The van der Waals surface area contributed by atoms with E-state index >= 15 is 0 Å². The predicted octanol–water partition coefficient (Wildman–Crippen LogP) is 4.18. The van der Waals surface area contributed by atoms with Crippen molar-refractivity contribution in [1.82, 2.24) is 14.9 Å². The molecule has 32 heavy (non-hydrogen) atoms. The van der Waals surface area contributed by atoms with Gasteiger partial charge < -0.3 is 14.6 Å². The summed E-state index contributed by atoms with van der Waals surface area (Å²) in [6, 6.07) is 8.33. The van der Waals surface area contributed by atoms with Crippen LogP contribution in [0.1, 0.15) is 29.7 Å². The fourth-order valence-corrected chi connectivity index (χ4v) is 6.80. The zero-order valence-corrected chi connectivity index (χ0v) is 20.2. The molecule has 0 bridgehead atoms. The number of thioether (sulfide) groups is 1. The molecular formula is C24H30N4O2S2. The highest BCUT2D eigenvalue weighted by Gasteiger charge is 2.20. The molecule has 0 spiro atoms. The molecule has 8 heteroatoms. The lowest BCUT2D eigenvalue weighted by Crippen LogP contribution is -2.46. The Hall–Kier alpha value is -2.03. The largest absolute Gasteiger partial charge is 0.497 e. The Morgan fingerprint density at radius 1 is 1.12 bits per heavy atom. The topological polar surface area (TPSA) is 61.5 Å². The number of hydrogen-bond acceptors (Lipinski definition) is 7. The number of ether oxygens (including phenoxy) is 1. The third-order valence-electron chi connectivity index (χ3n) is 6.47. The zero-order valence-electron chi connectivity index (χ0n) is 18.6. The molecule has 1 saturated heterocycles. The van der Waals surface area contributed by atoms with Gasteiger partial charge in [-0.3, -0.25) is 9.69 Å². The monoisotopic (exact) mass is 470 g/mol. The van der Waals surface area contributed by atoms with Gasteiger partial charge in [0.15, 0.2) is 5.16 Å². The lowest BCUT2D eigenvalue weighted by Gasteiger charge is -2.36. The number of aryl methyl sites for hydroxylation is 2. The average Bonchev–Trinajstić information content (AvgIpc) is 3.21. The molecule has 0 amide bonds. The van der Waals surface area contributed by atoms with Gasteiger partial charge in [0.25, 0.3) is 5.56 Å². The quantitative estimate of drug-likeness (QED) is 0.318. The molecule has 1 N–H and O–H groups in total. The van der Waals surface area contributed by atoms with Gasteiger partial charge in [0.2, 0.25) is 0 Å². The van der Waals surface area contributed by atoms with E-state index in [1.54, 1.807) is 30.2 Å². The summed E-state index contributed by atoms with van der Waals surface area (Å²) in [6.07, 6.45) is 5.63. The van der Waals surface area contributed by atoms with Crippen LogP contribution in [0.3, 0.4) is 0 Å². The zero-order chi connectivity index (χ0) is 21.9. The van der Waals surface area contributed by atoms with E-state index in [2.05, 4.69) is 26.9 Å². The van der Waals surface area contributed by atoms with E-state index in [0.29, 0.717) is 0 Å². The lowest BCUT2D eigenvalue weighted by atomic mass is 9.97. The summed E-state index contributed by atoms with van der Waals surface area (Å²) in [5.41, 5.74) is 2.57. The highest BCUT2D eigenvalue weighted by Crippen LogP contribution is 2.34. The normalized spacial score (nSPS) is 17.0. The van der Waals surface area contributed by atoms with Crippen molar-refractivity contribution >= 4 is 39.0 Å². The molecule has 3 heterocycles. The Morgan fingerprint density at radius 2 is 1.91 bits per heavy atom. The molecule has 0 unspecified atom stereocenters. The van der Waals surface area contributed by atoms with Crippen molar-refractivity contribution in [1.29, 1.82) is 0 Å². The maximum Gasteiger partial charge on any atom is 0.260 e. The maximum absolute atomic E-state index is 12.7. The standard InChI is InChI=1S/C24H30N4O2S2/c1-30-18-9-7-17(8-10-18)28-14-12-27(13-15-28)11-4-16-31-24-25-22(29)21-19-5-2-3-6-20(19)32-23(21)26-24/h7-10H,2-6,11-16H2,1H3,(H,25,26,29). The number of hydrogen-bond donors (Lipinski definition) is 1. The van der Waals surface area contributed by atoms with Crippen molar-refractivity contribution < 1.29 is 4.74 Å². The minimum Gasteiger partial charge on any atom is -0.497 e. The molecule has 1 fully saturated rings. The highest BCUT2D eigenvalue weighted by atomic mass is 32.2. The number of nitrogens with zero attached hydrogens (tertiary/aromatic N) is 3. The van der Waals surface area contributed by atoms with Crippen molar-refractivity contribution in [3.05, 3.63) is 45.1 Å². The molecule has 0 atom stereocenters. The van der Waals surface area contributed by atoms with E-state index < -0.39 is 0 Å². The van der Waals surface area contributed by atoms with Gasteiger partial charge in [-0.1, -0.05) is 11.8 Å². The van der Waals surface area contributed by atoms with Crippen molar-refractivity contribution in [2.75, 3.05) is 50.5 Å². The molecule has 3 aromatic rings. The number of benzene rings is 1. The van der Waals surface area contributed by atoms with Crippen LogP contribution in [-0.2, 0) is 12.8 Å². The molecule has 5 rings (SSSR count). The van der Waals surface area contributed by atoms with Gasteiger partial charge in [0.1, 0.15) is 10.6 Å². The number of H-pyrrole nitrogens is 1. The Morgan fingerprint density at radius 3 is 2.69 bits per heavy atom. The minimum absolute atomic E-state index is 0.0477. The first-order chi connectivity index (χ1) is 15.7. The van der Waals surface area contributed by atoms with E-state index in [1.807, 2.05) is 12.1 Å². The van der Waals surface area contributed by atoms with E-state index in [4.69, 9.17) is 9.72 Å². The van der Waals surface area contributed by atoms with Gasteiger partial charge in [-0.2, -0.15) is 0 Å². The summed E-state index contributed by atoms with van der Waals surface area (Å²) in [5, 5.41) is 1.62. The van der Waals surface area contributed by atoms with Gasteiger partial charge in [0, 0.05) is 42.5 Å². The van der Waals surface area contributed by atoms with Crippen LogP contribution in [0, 0.1) is 0 Å². The van der Waals surface area contributed by atoms with Crippen LogP contribution in [0.4, 0.5) is 5.69 Å². The number of fused-ring (bicyclic) bond motifs is 3. The fraction of sp³-hybridized carbons (Fsp3) is 0.500. The second-order valence-corrected chi connectivity index (χ2v) is 10.7. The number of rotatable bonds is 7. The molecule has 6 nitrogen and oxygen atoms in total. The number of nitrogens with one attached hydrogen (secondary N) is 1. The molecule has 1 aromatic carbocycles. The second kappa shape index (κ2) is 9.85. The molecule has 0 radical (unpaired) electrons. The van der Waals surface area contributed by atoms with E-state index in [1.165, 1.54) is 29.0 Å². The minimum atomic E-state index is 0.0477. The maximum atomic E-state index is 12.7. The number of aromatic nitrogens is 2. The third-order valence-corrected chi connectivity index (χ3v) is 8.62. The summed E-state index contributed by atoms with van der Waals surface area (Å²) >= 11 is 3.40. The Kier molecular flexibility index (Phi) is 6.71. The molecule has 1 aliphatic carbocycles. The average molecular weight is 471 g/mol. The molecule has 0 saturated carbocycles. The summed E-state index contributed by atoms with van der Waals surface area (Å²) in [6.45, 7) is 5.35. The number of methoxy groups -OCH3 is 1. The number of thiophene rings is 1. The summed E-state index contributed by atoms with van der Waals surface area (Å²) in [5.74, 6) is 1.87. The Balaban J connectivity index is 1.10. The van der Waals surface area contributed by atoms with Gasteiger partial charge in [0.05, 0.1) is 12.5 Å². The molecular weight excluding hydrogens is 440 g/mol. The van der Waals surface area contributed by atoms with Crippen LogP contribution < -0.4 is 15.2 Å². The third kappa shape index (κ3) is 4.67. The molecule has 2 aliphatic rings. The summed E-state index contributed by atoms with van der Waals surface area (Å²) < 4.78 is 5.25. The summed E-state index contributed by atoms with van der Waals surface area (Å²) in [7, 11) is 1.70. The smallest absolute Gasteiger partial charge is 0.260 e. The molecule has 2 aromatic heterocycles. The van der Waals surface area contributed by atoms with Gasteiger partial charge in [-0.05, 0) is 68.5 Å². The SMILES string of the molecule is COc1ccc(N2CCN(CCCSc3nc4sc5c(c4c(=O)[nH]3)CCCC5)CC2)cc1. The predicted molar refractivity (Wildman–Crippen MR) is 134 cm³/mol. The van der Waals surface area contributed by atoms with E-state index in [-0.39, 0.29) is 5.56 Å². The number of aromatic amines is 1. The van der Waals surface area contributed by atoms with Crippen molar-refractivity contribution in [3.8, 4) is 5.75 Å². The van der Waals surface area contributed by atoms with Crippen LogP contribution in [0.2, 0.25) is 0 Å². The molecule has 170 valence electrons. The Labute approximate surface area is 197 Å². The van der Waals surface area contributed by atoms with Gasteiger partial charge in [-0.25, -0.2) is 4.98 Å². The van der Waals surface area contributed by atoms with Crippen molar-refractivity contribution in [2.45, 2.75) is 37.3 Å². The van der Waals surface area contributed by atoms with Crippen LogP contribution >= 0.6 is 23.1 Å². The fourth-order valence-electron chi connectivity index (χ4n) is 4.69. The van der Waals surface area contributed by atoms with Gasteiger partial charge >= 0.3 is 0 Å². The van der Waals surface area contributed by atoms with E-state index in [0.717, 1.165) is 78.9 Å². The van der Waals surface area contributed by atoms with Crippen LogP contribution in [0.25, 0.3) is 10.2 Å². The number of anilines is 1. The first kappa shape index (κ1) is 21.8. The Bertz CT molecular complexity index is 1120. The van der Waals surface area contributed by atoms with Crippen molar-refractivity contribution in [3.63, 3.8) is 0 Å². The van der Waals surface area contributed by atoms with Crippen LogP contribution in [0.15, 0.2) is 34.2 Å². The van der Waals surface area contributed by atoms with Crippen LogP contribution in [0.5, 0.6) is 5.75 Å². The summed E-state index contributed by atoms with van der Waals surface area (Å²) in [4.78, 5) is 27.8. The van der Waals surface area contributed by atoms with Crippen LogP contribution in [-0.4, -0.2) is 60.5 Å².